The highest BCUT2D eigenvalue weighted by molar-refractivity contribution is 6.31. The molecule has 1 aliphatic rings. The maximum absolute atomic E-state index is 13.3. The first-order valence-electron chi connectivity index (χ1n) is 9.20. The summed E-state index contributed by atoms with van der Waals surface area (Å²) in [7, 11) is 0. The first-order chi connectivity index (χ1) is 14.6. The van der Waals surface area contributed by atoms with Crippen molar-refractivity contribution in [1.82, 2.24) is 20.5 Å². The van der Waals surface area contributed by atoms with Crippen LogP contribution >= 0.6 is 11.6 Å². The van der Waals surface area contributed by atoms with Gasteiger partial charge >= 0.3 is 12.2 Å². The Morgan fingerprint density at radius 1 is 1.32 bits per heavy atom. The monoisotopic (exact) mass is 451 g/mol. The number of carbonyl (C=O) groups excluding carboxylic acids is 2. The predicted octanol–water partition coefficient (Wildman–Crippen LogP) is 3.24. The number of rotatable bonds is 3. The molecule has 2 aromatic rings. The maximum atomic E-state index is 13.3. The number of amides is 3. The molecule has 7 nitrogen and oxygen atoms in total. The van der Waals surface area contributed by atoms with Gasteiger partial charge in [-0.15, -0.1) is 0 Å². The second-order valence-electron chi connectivity index (χ2n) is 6.84. The molecule has 1 aliphatic heterocycles. The van der Waals surface area contributed by atoms with Crippen molar-refractivity contribution in [3.63, 3.8) is 0 Å². The summed E-state index contributed by atoms with van der Waals surface area (Å²) in [5.41, 5.74) is -0.617. The summed E-state index contributed by atoms with van der Waals surface area (Å²) in [5, 5.41) is 13.7. The Hall–Kier alpha value is -3.32. The fourth-order valence-corrected chi connectivity index (χ4v) is 3.37. The van der Waals surface area contributed by atoms with Gasteiger partial charge in [0.05, 0.1) is 28.4 Å². The number of nitrogens with one attached hydrogen (secondary N) is 2. The van der Waals surface area contributed by atoms with E-state index in [-0.39, 0.29) is 24.7 Å². The summed E-state index contributed by atoms with van der Waals surface area (Å²) >= 11 is 5.68. The van der Waals surface area contributed by atoms with E-state index in [1.165, 1.54) is 35.2 Å². The number of halogens is 4. The zero-order valence-electron chi connectivity index (χ0n) is 16.2. The maximum Gasteiger partial charge on any atom is 0.434 e. The summed E-state index contributed by atoms with van der Waals surface area (Å²) in [4.78, 5) is 29.7. The lowest BCUT2D eigenvalue weighted by Gasteiger charge is -2.34. The number of piperazine rings is 1. The molecule has 2 heterocycles. The van der Waals surface area contributed by atoms with Crippen LogP contribution in [0.15, 0.2) is 36.4 Å². The highest BCUT2D eigenvalue weighted by Gasteiger charge is 2.37. The van der Waals surface area contributed by atoms with Gasteiger partial charge in [0.15, 0.2) is 5.69 Å². The third-order valence-electron chi connectivity index (χ3n) is 4.83. The second kappa shape index (κ2) is 8.81. The lowest BCUT2D eigenvalue weighted by atomic mass is 10.0. The molecular weight excluding hydrogens is 435 g/mol. The normalized spacial score (nSPS) is 17.5. The average molecular weight is 452 g/mol. The highest BCUT2D eigenvalue weighted by Crippen LogP contribution is 2.34. The molecule has 0 bridgehead atoms. The fraction of sp³-hybridized carbons (Fsp3) is 0.300. The molecule has 0 radical (unpaired) electrons. The SMILES string of the molecule is C[C@@H]1C(=O)NCCN1C(=O)N[C@@H](c1ccc(C#N)cc1)c1ccc(Cl)c(C(F)(F)F)n1. The average Bonchev–Trinajstić information content (AvgIpc) is 2.73. The van der Waals surface area contributed by atoms with Gasteiger partial charge in [0.2, 0.25) is 5.91 Å². The van der Waals surface area contributed by atoms with E-state index in [9.17, 15) is 22.8 Å². The minimum atomic E-state index is -4.79. The van der Waals surface area contributed by atoms with Gasteiger partial charge in [-0.1, -0.05) is 23.7 Å². The summed E-state index contributed by atoms with van der Waals surface area (Å²) in [5.74, 6) is -0.333. The molecule has 31 heavy (non-hydrogen) atoms. The van der Waals surface area contributed by atoms with Crippen molar-refractivity contribution >= 4 is 23.5 Å². The molecule has 11 heteroatoms. The van der Waals surface area contributed by atoms with Crippen LogP contribution in [0.1, 0.15) is 35.5 Å². The van der Waals surface area contributed by atoms with Gasteiger partial charge in [-0.05, 0) is 36.8 Å². The molecule has 1 fully saturated rings. The molecule has 0 spiro atoms. The standard InChI is InChI=1S/C20H17ClF3N5O2/c1-11-18(30)26-8-9-29(11)19(31)28-16(13-4-2-12(10-25)3-5-13)15-7-6-14(21)17(27-15)20(22,23)24/h2-7,11,16H,8-9H2,1H3,(H,26,30)(H,28,31)/t11-,16+/m1/s1. The first-order valence-corrected chi connectivity index (χ1v) is 9.58. The minimum Gasteiger partial charge on any atom is -0.353 e. The first kappa shape index (κ1) is 22.4. The molecular formula is C20H17ClF3N5O2. The molecule has 0 saturated carbocycles. The Bertz CT molecular complexity index is 1040. The Morgan fingerprint density at radius 2 is 2.00 bits per heavy atom. The van der Waals surface area contributed by atoms with E-state index in [2.05, 4.69) is 15.6 Å². The Morgan fingerprint density at radius 3 is 2.61 bits per heavy atom. The van der Waals surface area contributed by atoms with Crippen molar-refractivity contribution in [2.24, 2.45) is 0 Å². The van der Waals surface area contributed by atoms with Crippen LogP contribution < -0.4 is 10.6 Å². The summed E-state index contributed by atoms with van der Waals surface area (Å²) < 4.78 is 40.0. The number of hydrogen-bond acceptors (Lipinski definition) is 4. The van der Waals surface area contributed by atoms with Gasteiger partial charge in [0, 0.05) is 13.1 Å². The molecule has 1 aromatic carbocycles. The van der Waals surface area contributed by atoms with E-state index in [0.29, 0.717) is 11.1 Å². The van der Waals surface area contributed by atoms with E-state index in [1.807, 2.05) is 6.07 Å². The van der Waals surface area contributed by atoms with Gasteiger partial charge < -0.3 is 15.5 Å². The van der Waals surface area contributed by atoms with E-state index in [0.717, 1.165) is 6.07 Å². The summed E-state index contributed by atoms with van der Waals surface area (Å²) in [6.45, 7) is 2.04. The van der Waals surface area contributed by atoms with Gasteiger partial charge in [0.1, 0.15) is 6.04 Å². The molecule has 3 rings (SSSR count). The van der Waals surface area contributed by atoms with Crippen LogP contribution in [0.4, 0.5) is 18.0 Å². The minimum absolute atomic E-state index is 0.0936. The molecule has 1 saturated heterocycles. The molecule has 0 unspecified atom stereocenters. The summed E-state index contributed by atoms with van der Waals surface area (Å²) in [6.07, 6.45) is -4.79. The van der Waals surface area contributed by atoms with Crippen molar-refractivity contribution in [3.05, 3.63) is 63.9 Å². The van der Waals surface area contributed by atoms with Crippen LogP contribution in [0.25, 0.3) is 0 Å². The van der Waals surface area contributed by atoms with Gasteiger partial charge in [-0.2, -0.15) is 18.4 Å². The van der Waals surface area contributed by atoms with Crippen LogP contribution in [0.2, 0.25) is 5.02 Å². The van der Waals surface area contributed by atoms with E-state index in [4.69, 9.17) is 16.9 Å². The number of alkyl halides is 3. The molecule has 2 atom stereocenters. The molecule has 1 aromatic heterocycles. The Balaban J connectivity index is 2.00. The second-order valence-corrected chi connectivity index (χ2v) is 7.25. The lowest BCUT2D eigenvalue weighted by molar-refractivity contribution is -0.141. The van der Waals surface area contributed by atoms with Crippen LogP contribution in [0.3, 0.4) is 0 Å². The van der Waals surface area contributed by atoms with Gasteiger partial charge in [-0.25, -0.2) is 9.78 Å². The smallest absolute Gasteiger partial charge is 0.353 e. The van der Waals surface area contributed by atoms with Crippen LogP contribution in [0.5, 0.6) is 0 Å². The molecule has 3 amide bonds. The third kappa shape index (κ3) is 4.88. The number of urea groups is 1. The van der Waals surface area contributed by atoms with Crippen molar-refractivity contribution in [2.75, 3.05) is 13.1 Å². The number of nitriles is 1. The fourth-order valence-electron chi connectivity index (χ4n) is 3.16. The molecule has 162 valence electrons. The lowest BCUT2D eigenvalue weighted by Crippen LogP contribution is -2.58. The number of aromatic nitrogens is 1. The van der Waals surface area contributed by atoms with Gasteiger partial charge in [-0.3, -0.25) is 4.79 Å². The van der Waals surface area contributed by atoms with Crippen molar-refractivity contribution < 1.29 is 22.8 Å². The highest BCUT2D eigenvalue weighted by atomic mass is 35.5. The number of carbonyl (C=O) groups is 2. The molecule has 0 aliphatic carbocycles. The van der Waals surface area contributed by atoms with Crippen molar-refractivity contribution in [2.45, 2.75) is 25.2 Å². The van der Waals surface area contributed by atoms with Crippen LogP contribution in [-0.4, -0.2) is 41.0 Å². The van der Waals surface area contributed by atoms with Crippen molar-refractivity contribution in [3.8, 4) is 6.07 Å². The number of benzene rings is 1. The van der Waals surface area contributed by atoms with Gasteiger partial charge in [0.25, 0.3) is 0 Å². The predicted molar refractivity (Wildman–Crippen MR) is 105 cm³/mol. The quantitative estimate of drug-likeness (QED) is 0.748. The number of hydrogen-bond donors (Lipinski definition) is 2. The topological polar surface area (TPSA) is 98.1 Å². The van der Waals surface area contributed by atoms with Crippen molar-refractivity contribution in [1.29, 1.82) is 5.26 Å². The third-order valence-corrected chi connectivity index (χ3v) is 5.14. The van der Waals surface area contributed by atoms with E-state index >= 15 is 0 Å². The summed E-state index contributed by atoms with van der Waals surface area (Å²) in [6, 6.07) is 7.82. The Labute approximate surface area is 180 Å². The zero-order valence-corrected chi connectivity index (χ0v) is 17.0. The number of pyridine rings is 1. The zero-order chi connectivity index (χ0) is 22.8. The van der Waals surface area contributed by atoms with E-state index < -0.39 is 35.0 Å². The number of nitrogens with zero attached hydrogens (tertiary/aromatic N) is 3. The largest absolute Gasteiger partial charge is 0.434 e. The van der Waals surface area contributed by atoms with Crippen LogP contribution in [-0.2, 0) is 11.0 Å². The molecule has 2 N–H and O–H groups in total. The van der Waals surface area contributed by atoms with Crippen LogP contribution in [0, 0.1) is 11.3 Å². The Kier molecular flexibility index (Phi) is 6.36. The van der Waals surface area contributed by atoms with E-state index in [1.54, 1.807) is 6.92 Å².